The third kappa shape index (κ3) is 5.03. The molecule has 3 rings (SSSR count). The highest BCUT2D eigenvalue weighted by Crippen LogP contribution is 2.27. The van der Waals surface area contributed by atoms with Crippen LogP contribution in [0.25, 0.3) is 0 Å². The molecule has 6 nitrogen and oxygen atoms in total. The molecule has 0 spiro atoms. The average Bonchev–Trinajstić information content (AvgIpc) is 2.65. The normalized spacial score (nSPS) is 10.5. The van der Waals surface area contributed by atoms with Gasteiger partial charge in [-0.1, -0.05) is 0 Å². The smallest absolute Gasteiger partial charge is 0.303 e. The van der Waals surface area contributed by atoms with E-state index in [-0.39, 0.29) is 12.8 Å². The van der Waals surface area contributed by atoms with Gasteiger partial charge in [0.25, 0.3) is 0 Å². The van der Waals surface area contributed by atoms with Crippen LogP contribution in [-0.4, -0.2) is 21.0 Å². The molecule has 0 saturated heterocycles. The quantitative estimate of drug-likeness (QED) is 0.612. The number of aliphatic carboxylic acids is 1. The zero-order valence-electron chi connectivity index (χ0n) is 15.6. The van der Waals surface area contributed by atoms with Crippen molar-refractivity contribution in [3.63, 3.8) is 0 Å². The van der Waals surface area contributed by atoms with Crippen LogP contribution in [0.4, 0.5) is 15.9 Å². The Balaban J connectivity index is 1.75. The standard InChI is InChI=1S/C21H20FN3O3/c1-13-3-7-19(14(2)24-13)28-17-9-10-23-20(12-17)25-16-5-6-18(22)15(11-16)4-8-21(26)27/h3,5-7,9-12H,4,8H2,1-2H3,(H,23,25)(H,26,27). The first kappa shape index (κ1) is 19.3. The van der Waals surface area contributed by atoms with Crippen molar-refractivity contribution < 1.29 is 19.0 Å². The van der Waals surface area contributed by atoms with E-state index >= 15 is 0 Å². The Morgan fingerprint density at radius 2 is 2.00 bits per heavy atom. The van der Waals surface area contributed by atoms with Crippen molar-refractivity contribution in [1.82, 2.24) is 9.97 Å². The fourth-order valence-corrected chi connectivity index (χ4v) is 2.69. The second-order valence-corrected chi connectivity index (χ2v) is 6.34. The van der Waals surface area contributed by atoms with Gasteiger partial charge in [-0.15, -0.1) is 0 Å². The molecule has 2 aromatic heterocycles. The van der Waals surface area contributed by atoms with Gasteiger partial charge in [0, 0.05) is 30.1 Å². The largest absolute Gasteiger partial charge is 0.481 e. The SMILES string of the molecule is Cc1ccc(Oc2ccnc(Nc3ccc(F)c(CCC(=O)O)c3)c2)c(C)n1. The molecule has 0 amide bonds. The van der Waals surface area contributed by atoms with Gasteiger partial charge in [0.2, 0.25) is 0 Å². The highest BCUT2D eigenvalue weighted by molar-refractivity contribution is 5.67. The predicted molar refractivity (Wildman–Crippen MR) is 104 cm³/mol. The molecule has 0 saturated carbocycles. The highest BCUT2D eigenvalue weighted by atomic mass is 19.1. The van der Waals surface area contributed by atoms with E-state index in [4.69, 9.17) is 9.84 Å². The molecule has 0 bridgehead atoms. The summed E-state index contributed by atoms with van der Waals surface area (Å²) in [6.45, 7) is 3.79. The van der Waals surface area contributed by atoms with Crippen molar-refractivity contribution in [3.8, 4) is 11.5 Å². The van der Waals surface area contributed by atoms with Crippen LogP contribution in [0.1, 0.15) is 23.4 Å². The van der Waals surface area contributed by atoms with E-state index in [9.17, 15) is 9.18 Å². The maximum Gasteiger partial charge on any atom is 0.303 e. The summed E-state index contributed by atoms with van der Waals surface area (Å²) in [6, 6.07) is 11.7. The van der Waals surface area contributed by atoms with Gasteiger partial charge in [-0.3, -0.25) is 9.78 Å². The van der Waals surface area contributed by atoms with Crippen molar-refractivity contribution in [2.24, 2.45) is 0 Å². The van der Waals surface area contributed by atoms with Gasteiger partial charge in [-0.05, 0) is 62.2 Å². The number of nitrogens with zero attached hydrogens (tertiary/aromatic N) is 2. The van der Waals surface area contributed by atoms with Crippen molar-refractivity contribution in [1.29, 1.82) is 0 Å². The molecule has 0 unspecified atom stereocenters. The van der Waals surface area contributed by atoms with Crippen LogP contribution in [0.3, 0.4) is 0 Å². The lowest BCUT2D eigenvalue weighted by molar-refractivity contribution is -0.136. The summed E-state index contributed by atoms with van der Waals surface area (Å²) >= 11 is 0. The van der Waals surface area contributed by atoms with Crippen molar-refractivity contribution in [2.75, 3.05) is 5.32 Å². The Morgan fingerprint density at radius 1 is 1.18 bits per heavy atom. The van der Waals surface area contributed by atoms with Gasteiger partial charge in [0.15, 0.2) is 0 Å². The predicted octanol–water partition coefficient (Wildman–Crippen LogP) is 4.79. The van der Waals surface area contributed by atoms with Crippen LogP contribution >= 0.6 is 0 Å². The highest BCUT2D eigenvalue weighted by Gasteiger charge is 2.08. The van der Waals surface area contributed by atoms with Crippen molar-refractivity contribution in [2.45, 2.75) is 26.7 Å². The lowest BCUT2D eigenvalue weighted by Crippen LogP contribution is -2.01. The Kier molecular flexibility index (Phi) is 5.84. The van der Waals surface area contributed by atoms with Gasteiger partial charge in [-0.2, -0.15) is 0 Å². The third-order valence-corrected chi connectivity index (χ3v) is 4.06. The van der Waals surface area contributed by atoms with Crippen LogP contribution in [0.15, 0.2) is 48.7 Å². The summed E-state index contributed by atoms with van der Waals surface area (Å²) in [7, 11) is 0. The lowest BCUT2D eigenvalue weighted by atomic mass is 10.1. The number of hydrogen-bond donors (Lipinski definition) is 2. The number of anilines is 2. The molecule has 28 heavy (non-hydrogen) atoms. The first-order chi connectivity index (χ1) is 13.4. The molecule has 144 valence electrons. The molecular formula is C21H20FN3O3. The minimum Gasteiger partial charge on any atom is -0.481 e. The lowest BCUT2D eigenvalue weighted by Gasteiger charge is -2.11. The molecule has 2 heterocycles. The fraction of sp³-hybridized carbons (Fsp3) is 0.190. The number of pyridine rings is 2. The topological polar surface area (TPSA) is 84.3 Å². The Morgan fingerprint density at radius 3 is 2.75 bits per heavy atom. The second-order valence-electron chi connectivity index (χ2n) is 6.34. The summed E-state index contributed by atoms with van der Waals surface area (Å²) in [5.41, 5.74) is 2.64. The molecule has 0 aliphatic heterocycles. The summed E-state index contributed by atoms with van der Waals surface area (Å²) in [5, 5.41) is 11.9. The maximum atomic E-state index is 13.9. The van der Waals surface area contributed by atoms with Crippen LogP contribution < -0.4 is 10.1 Å². The summed E-state index contributed by atoms with van der Waals surface area (Å²) in [4.78, 5) is 19.3. The molecule has 0 aliphatic rings. The molecule has 0 fully saturated rings. The van der Waals surface area contributed by atoms with Crippen molar-refractivity contribution >= 4 is 17.5 Å². The van der Waals surface area contributed by atoms with E-state index in [0.717, 1.165) is 11.4 Å². The van der Waals surface area contributed by atoms with Crippen LogP contribution in [0, 0.1) is 19.7 Å². The van der Waals surface area contributed by atoms with E-state index in [1.54, 1.807) is 30.5 Å². The molecule has 1 aromatic carbocycles. The number of hydrogen-bond acceptors (Lipinski definition) is 5. The molecule has 7 heteroatoms. The summed E-state index contributed by atoms with van der Waals surface area (Å²) in [6.07, 6.45) is 1.59. The summed E-state index contributed by atoms with van der Waals surface area (Å²) in [5.74, 6) is 0.357. The Bertz CT molecular complexity index is 1010. The number of nitrogens with one attached hydrogen (secondary N) is 1. The monoisotopic (exact) mass is 381 g/mol. The maximum absolute atomic E-state index is 13.9. The molecule has 0 radical (unpaired) electrons. The minimum atomic E-state index is -0.967. The Labute approximate surface area is 162 Å². The molecule has 2 N–H and O–H groups in total. The van der Waals surface area contributed by atoms with Crippen LogP contribution in [0.5, 0.6) is 11.5 Å². The zero-order chi connectivity index (χ0) is 20.1. The molecular weight excluding hydrogens is 361 g/mol. The van der Waals surface area contributed by atoms with E-state index in [2.05, 4.69) is 15.3 Å². The average molecular weight is 381 g/mol. The number of aromatic nitrogens is 2. The van der Waals surface area contributed by atoms with Gasteiger partial charge in [-0.25, -0.2) is 9.37 Å². The Hall–Kier alpha value is -3.48. The first-order valence-corrected chi connectivity index (χ1v) is 8.76. The van der Waals surface area contributed by atoms with E-state index in [0.29, 0.717) is 28.6 Å². The number of rotatable bonds is 7. The minimum absolute atomic E-state index is 0.118. The van der Waals surface area contributed by atoms with E-state index < -0.39 is 11.8 Å². The van der Waals surface area contributed by atoms with E-state index in [1.165, 1.54) is 6.07 Å². The number of aryl methyl sites for hydroxylation is 3. The first-order valence-electron chi connectivity index (χ1n) is 8.76. The number of ether oxygens (including phenoxy) is 1. The van der Waals surface area contributed by atoms with Gasteiger partial charge in [0.05, 0.1) is 5.69 Å². The third-order valence-electron chi connectivity index (χ3n) is 4.06. The number of benzene rings is 1. The van der Waals surface area contributed by atoms with Gasteiger partial charge in [0.1, 0.15) is 23.1 Å². The van der Waals surface area contributed by atoms with Crippen LogP contribution in [0.2, 0.25) is 0 Å². The number of carbonyl (C=O) groups is 1. The van der Waals surface area contributed by atoms with Gasteiger partial charge >= 0.3 is 5.97 Å². The second kappa shape index (κ2) is 8.47. The number of carboxylic acid groups (broad SMARTS) is 1. The molecule has 3 aromatic rings. The molecule has 0 atom stereocenters. The fourth-order valence-electron chi connectivity index (χ4n) is 2.69. The van der Waals surface area contributed by atoms with Crippen LogP contribution in [-0.2, 0) is 11.2 Å². The number of halogens is 1. The van der Waals surface area contributed by atoms with Gasteiger partial charge < -0.3 is 15.2 Å². The van der Waals surface area contributed by atoms with Crippen molar-refractivity contribution in [3.05, 3.63) is 71.4 Å². The molecule has 0 aliphatic carbocycles. The number of carboxylic acids is 1. The summed E-state index contributed by atoms with van der Waals surface area (Å²) < 4.78 is 19.8. The zero-order valence-corrected chi connectivity index (χ0v) is 15.6. The van der Waals surface area contributed by atoms with E-state index in [1.807, 2.05) is 26.0 Å².